The Labute approximate surface area is 310 Å². The van der Waals surface area contributed by atoms with Crippen molar-refractivity contribution in [1.82, 2.24) is 19.1 Å². The molecule has 0 saturated carbocycles. The van der Waals surface area contributed by atoms with E-state index >= 15 is 0 Å². The molecule has 0 unspecified atom stereocenters. The number of para-hydroxylation sites is 1. The van der Waals surface area contributed by atoms with E-state index in [1.165, 1.54) is 65.2 Å². The molecule has 0 fully saturated rings. The van der Waals surface area contributed by atoms with E-state index in [1.54, 1.807) is 0 Å². The first-order chi connectivity index (χ1) is 26.8. The van der Waals surface area contributed by atoms with Crippen molar-refractivity contribution >= 4 is 76.1 Å². The molecule has 0 aliphatic carbocycles. The fourth-order valence-electron chi connectivity index (χ4n) is 9.02. The predicted molar refractivity (Wildman–Crippen MR) is 225 cm³/mol. The number of hydrogen-bond acceptors (Lipinski definition) is 2. The Balaban J connectivity index is 1.25. The third-order valence-electron chi connectivity index (χ3n) is 11.2. The van der Waals surface area contributed by atoms with Crippen LogP contribution < -0.4 is 0 Å². The van der Waals surface area contributed by atoms with Gasteiger partial charge in [-0.3, -0.25) is 0 Å². The fraction of sp³-hybridized carbons (Fsp3) is 0. The van der Waals surface area contributed by atoms with Gasteiger partial charge in [0.15, 0.2) is 5.82 Å². The van der Waals surface area contributed by atoms with Crippen LogP contribution in [0.2, 0.25) is 0 Å². The van der Waals surface area contributed by atoms with E-state index in [4.69, 9.17) is 9.97 Å². The highest BCUT2D eigenvalue weighted by Gasteiger charge is 2.24. The molecular formula is C50H30N4. The first kappa shape index (κ1) is 29.3. The largest absolute Gasteiger partial charge is 0.309 e. The minimum absolute atomic E-state index is 0.723. The van der Waals surface area contributed by atoms with Crippen molar-refractivity contribution in [3.8, 4) is 34.0 Å². The lowest BCUT2D eigenvalue weighted by atomic mass is 9.95. The monoisotopic (exact) mass is 686 g/mol. The first-order valence-corrected chi connectivity index (χ1v) is 18.4. The Morgan fingerprint density at radius 3 is 1.43 bits per heavy atom. The highest BCUT2D eigenvalue weighted by Crippen LogP contribution is 2.48. The summed E-state index contributed by atoms with van der Waals surface area (Å²) in [4.78, 5) is 10.4. The number of hydrogen-bond donors (Lipinski definition) is 0. The second-order valence-electron chi connectivity index (χ2n) is 14.1. The standard InChI is InChI=1S/C50H30N4/c1-4-14-31(15-5-1)49-39-30-34(26-27-40(39)51-50(52-49)32-16-6-2-7-17-32)54-42-25-13-23-38-36-21-11-10-20-35(36)37-22-12-24-41-45(37)47-43(28-29-44(54)48(47)46(38)42)53(41)33-18-8-3-9-19-33/h1-30H. The van der Waals surface area contributed by atoms with E-state index in [0.717, 1.165) is 44.9 Å². The molecule has 3 aromatic heterocycles. The maximum absolute atomic E-state index is 5.23. The molecule has 0 radical (unpaired) electrons. The predicted octanol–water partition coefficient (Wildman–Crippen LogP) is 12.9. The number of rotatable bonds is 4. The fourth-order valence-corrected chi connectivity index (χ4v) is 9.02. The van der Waals surface area contributed by atoms with E-state index in [0.29, 0.717) is 0 Å². The van der Waals surface area contributed by atoms with Gasteiger partial charge >= 0.3 is 0 Å². The van der Waals surface area contributed by atoms with Gasteiger partial charge in [0.2, 0.25) is 0 Å². The van der Waals surface area contributed by atoms with Crippen molar-refractivity contribution in [2.24, 2.45) is 0 Å². The third-order valence-corrected chi connectivity index (χ3v) is 11.2. The van der Waals surface area contributed by atoms with Gasteiger partial charge in [-0.1, -0.05) is 127 Å². The highest BCUT2D eigenvalue weighted by molar-refractivity contribution is 6.39. The summed E-state index contributed by atoms with van der Waals surface area (Å²) in [6, 6.07) is 65.3. The number of fused-ring (bicyclic) bond motifs is 4. The quantitative estimate of drug-likeness (QED) is 0.185. The zero-order chi connectivity index (χ0) is 35.3. The molecule has 0 bridgehead atoms. The lowest BCUT2D eigenvalue weighted by molar-refractivity contribution is 1.17. The number of nitrogens with zero attached hydrogens (tertiary/aromatic N) is 4. The Morgan fingerprint density at radius 2 is 0.815 bits per heavy atom. The molecule has 0 spiro atoms. The van der Waals surface area contributed by atoms with Crippen molar-refractivity contribution in [2.75, 3.05) is 0 Å². The van der Waals surface area contributed by atoms with Crippen LogP contribution in [0.5, 0.6) is 0 Å². The van der Waals surface area contributed by atoms with Gasteiger partial charge in [0.1, 0.15) is 0 Å². The summed E-state index contributed by atoms with van der Waals surface area (Å²) >= 11 is 0. The zero-order valence-electron chi connectivity index (χ0n) is 29.1. The molecule has 9 aromatic carbocycles. The molecular weight excluding hydrogens is 657 g/mol. The minimum Gasteiger partial charge on any atom is -0.309 e. The average Bonchev–Trinajstić information content (AvgIpc) is 3.77. The Kier molecular flexibility index (Phi) is 6.02. The van der Waals surface area contributed by atoms with Gasteiger partial charge < -0.3 is 9.13 Å². The van der Waals surface area contributed by atoms with Crippen LogP contribution in [0.3, 0.4) is 0 Å². The van der Waals surface area contributed by atoms with Crippen LogP contribution >= 0.6 is 0 Å². The second kappa shape index (κ2) is 11.1. The Morgan fingerprint density at radius 1 is 0.315 bits per heavy atom. The van der Waals surface area contributed by atoms with Gasteiger partial charge in [-0.2, -0.15) is 0 Å². The summed E-state index contributed by atoms with van der Waals surface area (Å²) in [5, 5.41) is 11.1. The SMILES string of the molecule is c1ccc(-c2nc(-c3ccccc3)c3cc(-n4c5cccc6c7ccccc7c7cccc8c7c7c(c65)c4ccc7n8-c4ccccc4)ccc3n2)cc1. The third kappa shape index (κ3) is 4.02. The van der Waals surface area contributed by atoms with Crippen LogP contribution in [0, 0.1) is 0 Å². The average molecular weight is 687 g/mol. The van der Waals surface area contributed by atoms with Gasteiger partial charge in [0.25, 0.3) is 0 Å². The molecule has 0 aliphatic heterocycles. The van der Waals surface area contributed by atoms with Gasteiger partial charge in [-0.05, 0) is 76.1 Å². The molecule has 4 nitrogen and oxygen atoms in total. The number of aromatic nitrogens is 4. The van der Waals surface area contributed by atoms with Crippen LogP contribution in [0.4, 0.5) is 0 Å². The Bertz CT molecular complexity index is 3410. The maximum Gasteiger partial charge on any atom is 0.160 e. The van der Waals surface area contributed by atoms with E-state index in [9.17, 15) is 0 Å². The summed E-state index contributed by atoms with van der Waals surface area (Å²) in [5.74, 6) is 0.723. The normalized spacial score (nSPS) is 12.1. The van der Waals surface area contributed by atoms with Crippen molar-refractivity contribution < 1.29 is 0 Å². The topological polar surface area (TPSA) is 35.6 Å². The summed E-state index contributed by atoms with van der Waals surface area (Å²) < 4.78 is 4.90. The lowest BCUT2D eigenvalue weighted by Gasteiger charge is -2.13. The van der Waals surface area contributed by atoms with Crippen molar-refractivity contribution in [1.29, 1.82) is 0 Å². The van der Waals surface area contributed by atoms with Crippen LogP contribution in [0.1, 0.15) is 0 Å². The van der Waals surface area contributed by atoms with Gasteiger partial charge in [-0.15, -0.1) is 0 Å². The zero-order valence-corrected chi connectivity index (χ0v) is 29.1. The van der Waals surface area contributed by atoms with Crippen molar-refractivity contribution in [3.05, 3.63) is 182 Å². The van der Waals surface area contributed by atoms with Gasteiger partial charge in [0.05, 0.1) is 33.3 Å². The first-order valence-electron chi connectivity index (χ1n) is 18.4. The number of benzene rings is 8. The van der Waals surface area contributed by atoms with E-state index in [1.807, 2.05) is 18.2 Å². The van der Waals surface area contributed by atoms with E-state index < -0.39 is 0 Å². The van der Waals surface area contributed by atoms with Crippen LogP contribution in [-0.2, 0) is 0 Å². The van der Waals surface area contributed by atoms with Crippen LogP contribution in [-0.4, -0.2) is 19.1 Å². The molecule has 0 atom stereocenters. The summed E-state index contributed by atoms with van der Waals surface area (Å²) in [6.45, 7) is 0. The molecule has 12 rings (SSSR count). The summed E-state index contributed by atoms with van der Waals surface area (Å²) in [7, 11) is 0. The Hall–Kier alpha value is -7.30. The summed E-state index contributed by atoms with van der Waals surface area (Å²) in [6.07, 6.45) is 0. The molecule has 12 aromatic rings. The smallest absolute Gasteiger partial charge is 0.160 e. The van der Waals surface area contributed by atoms with Crippen molar-refractivity contribution in [3.63, 3.8) is 0 Å². The van der Waals surface area contributed by atoms with Crippen molar-refractivity contribution in [2.45, 2.75) is 0 Å². The van der Waals surface area contributed by atoms with Gasteiger partial charge in [0, 0.05) is 49.4 Å². The highest BCUT2D eigenvalue weighted by atomic mass is 15.0. The summed E-state index contributed by atoms with van der Waals surface area (Å²) in [5.41, 5.74) is 10.9. The van der Waals surface area contributed by atoms with Crippen LogP contribution in [0.15, 0.2) is 182 Å². The van der Waals surface area contributed by atoms with Crippen LogP contribution in [0.25, 0.3) is 110 Å². The van der Waals surface area contributed by atoms with Gasteiger partial charge in [-0.25, -0.2) is 9.97 Å². The van der Waals surface area contributed by atoms with E-state index in [-0.39, 0.29) is 0 Å². The minimum atomic E-state index is 0.723. The molecule has 0 amide bonds. The molecule has 0 N–H and O–H groups in total. The maximum atomic E-state index is 5.23. The molecule has 0 aliphatic rings. The molecule has 54 heavy (non-hydrogen) atoms. The molecule has 250 valence electrons. The molecule has 4 heteroatoms. The molecule has 3 heterocycles. The second-order valence-corrected chi connectivity index (χ2v) is 14.1. The van der Waals surface area contributed by atoms with E-state index in [2.05, 4.69) is 173 Å². The lowest BCUT2D eigenvalue weighted by Crippen LogP contribution is -1.98. The molecule has 0 saturated heterocycles.